The van der Waals surface area contributed by atoms with E-state index in [1.807, 2.05) is 6.92 Å². The standard InChI is InChI=1S/C24H23ClF5N3O2/c1-2-13-8-9-19(33(13)23(35)18-4-3-5-20(31-18)24(28,29)30)22(34)32-21(12-6-7-12)14-10-17(27)15(25)11-16(14)26/h3-5,10-13,19,21H,2,6-9H2,1H3,(H,32,34)/t13-,19-,21?/m1/s1. The van der Waals surface area contributed by atoms with E-state index in [-0.39, 0.29) is 29.0 Å². The molecule has 1 saturated heterocycles. The molecule has 188 valence electrons. The van der Waals surface area contributed by atoms with Crippen LogP contribution in [0.15, 0.2) is 30.3 Å². The van der Waals surface area contributed by atoms with E-state index in [1.54, 1.807) is 0 Å². The summed E-state index contributed by atoms with van der Waals surface area (Å²) in [5.74, 6) is -3.04. The van der Waals surface area contributed by atoms with Crippen LogP contribution in [0.2, 0.25) is 5.02 Å². The number of likely N-dealkylation sites (tertiary alicyclic amines) is 1. The fraction of sp³-hybridized carbons (Fsp3) is 0.458. The number of hydrogen-bond donors (Lipinski definition) is 1. The molecule has 1 N–H and O–H groups in total. The molecule has 1 aromatic heterocycles. The molecule has 1 saturated carbocycles. The minimum atomic E-state index is -4.72. The van der Waals surface area contributed by atoms with E-state index in [1.165, 1.54) is 11.0 Å². The third-order valence-electron chi connectivity index (χ3n) is 6.54. The van der Waals surface area contributed by atoms with Crippen molar-refractivity contribution in [3.8, 4) is 0 Å². The van der Waals surface area contributed by atoms with Crippen molar-refractivity contribution in [1.82, 2.24) is 15.2 Å². The summed E-state index contributed by atoms with van der Waals surface area (Å²) < 4.78 is 68.0. The second-order valence-electron chi connectivity index (χ2n) is 8.88. The first kappa shape index (κ1) is 25.3. The van der Waals surface area contributed by atoms with Crippen molar-refractivity contribution in [2.75, 3.05) is 0 Å². The molecule has 0 spiro atoms. The topological polar surface area (TPSA) is 62.3 Å². The average molecular weight is 516 g/mol. The Labute approximate surface area is 203 Å². The van der Waals surface area contributed by atoms with Crippen LogP contribution in [0.5, 0.6) is 0 Å². The molecule has 1 aliphatic carbocycles. The number of nitrogens with zero attached hydrogens (tertiary/aromatic N) is 2. The summed E-state index contributed by atoms with van der Waals surface area (Å²) >= 11 is 5.66. The number of pyridine rings is 1. The number of benzene rings is 1. The maximum Gasteiger partial charge on any atom is 0.433 e. The molecule has 2 fully saturated rings. The highest BCUT2D eigenvalue weighted by molar-refractivity contribution is 6.30. The Morgan fingerprint density at radius 3 is 2.49 bits per heavy atom. The summed E-state index contributed by atoms with van der Waals surface area (Å²) in [7, 11) is 0. The number of rotatable bonds is 6. The number of hydrogen-bond acceptors (Lipinski definition) is 3. The Balaban J connectivity index is 1.60. The molecule has 11 heteroatoms. The van der Waals surface area contributed by atoms with Crippen molar-refractivity contribution >= 4 is 23.4 Å². The summed E-state index contributed by atoms with van der Waals surface area (Å²) in [6, 6.07) is 2.67. The lowest BCUT2D eigenvalue weighted by Gasteiger charge is -2.30. The van der Waals surface area contributed by atoms with Crippen LogP contribution < -0.4 is 5.32 Å². The number of nitrogens with one attached hydrogen (secondary N) is 1. The van der Waals surface area contributed by atoms with Crippen LogP contribution in [0.25, 0.3) is 0 Å². The zero-order valence-corrected chi connectivity index (χ0v) is 19.5. The summed E-state index contributed by atoms with van der Waals surface area (Å²) in [4.78, 5) is 31.3. The molecule has 2 amide bonds. The van der Waals surface area contributed by atoms with Crippen LogP contribution in [0.4, 0.5) is 22.0 Å². The van der Waals surface area contributed by atoms with Crippen LogP contribution >= 0.6 is 11.6 Å². The summed E-state index contributed by atoms with van der Waals surface area (Å²) in [6.07, 6.45) is -2.09. The van der Waals surface area contributed by atoms with Gasteiger partial charge in [0.1, 0.15) is 29.1 Å². The molecule has 1 aromatic carbocycles. The van der Waals surface area contributed by atoms with E-state index in [0.717, 1.165) is 24.3 Å². The zero-order chi connectivity index (χ0) is 25.5. The number of aromatic nitrogens is 1. The molecule has 2 aliphatic rings. The Kier molecular flexibility index (Phi) is 7.04. The Morgan fingerprint density at radius 2 is 1.86 bits per heavy atom. The quantitative estimate of drug-likeness (QED) is 0.397. The van der Waals surface area contributed by atoms with Gasteiger partial charge in [0.2, 0.25) is 5.91 Å². The minimum Gasteiger partial charge on any atom is -0.347 e. The van der Waals surface area contributed by atoms with Gasteiger partial charge >= 0.3 is 6.18 Å². The fourth-order valence-corrected chi connectivity index (χ4v) is 4.75. The number of halogens is 6. The van der Waals surface area contributed by atoms with Crippen molar-refractivity contribution in [2.45, 2.75) is 63.3 Å². The normalized spacial score (nSPS) is 21.2. The van der Waals surface area contributed by atoms with Crippen LogP contribution in [0.3, 0.4) is 0 Å². The molecule has 1 unspecified atom stereocenters. The Bertz CT molecular complexity index is 1140. The van der Waals surface area contributed by atoms with Crippen LogP contribution in [-0.2, 0) is 11.0 Å². The average Bonchev–Trinajstić information content (AvgIpc) is 3.56. The lowest BCUT2D eigenvalue weighted by atomic mass is 10.0. The van der Waals surface area contributed by atoms with Crippen LogP contribution in [0, 0.1) is 17.6 Å². The van der Waals surface area contributed by atoms with Crippen molar-refractivity contribution in [3.63, 3.8) is 0 Å². The van der Waals surface area contributed by atoms with Gasteiger partial charge in [0.05, 0.1) is 11.1 Å². The Hall–Kier alpha value is -2.75. The monoisotopic (exact) mass is 515 g/mol. The molecule has 2 aromatic rings. The lowest BCUT2D eigenvalue weighted by Crippen LogP contribution is -2.50. The molecule has 1 aliphatic heterocycles. The summed E-state index contributed by atoms with van der Waals surface area (Å²) in [6.45, 7) is 1.81. The van der Waals surface area contributed by atoms with E-state index in [0.29, 0.717) is 25.7 Å². The van der Waals surface area contributed by atoms with Gasteiger partial charge in [-0.3, -0.25) is 9.59 Å². The number of alkyl halides is 3. The first-order valence-corrected chi connectivity index (χ1v) is 11.7. The molecular weight excluding hydrogens is 493 g/mol. The third kappa shape index (κ3) is 5.27. The van der Waals surface area contributed by atoms with E-state index >= 15 is 0 Å². The van der Waals surface area contributed by atoms with E-state index in [9.17, 15) is 31.5 Å². The molecule has 0 radical (unpaired) electrons. The van der Waals surface area contributed by atoms with Crippen molar-refractivity contribution in [2.24, 2.45) is 5.92 Å². The maximum absolute atomic E-state index is 14.6. The number of amides is 2. The van der Waals surface area contributed by atoms with Gasteiger partial charge in [-0.2, -0.15) is 13.2 Å². The molecule has 5 nitrogen and oxygen atoms in total. The highest BCUT2D eigenvalue weighted by Crippen LogP contribution is 2.43. The van der Waals surface area contributed by atoms with Crippen LogP contribution in [-0.4, -0.2) is 33.8 Å². The number of carbonyl (C=O) groups excluding carboxylic acids is 2. The fourth-order valence-electron chi connectivity index (χ4n) is 4.60. The van der Waals surface area contributed by atoms with Gasteiger partial charge in [-0.05, 0) is 62.3 Å². The van der Waals surface area contributed by atoms with Gasteiger partial charge < -0.3 is 10.2 Å². The van der Waals surface area contributed by atoms with Crippen molar-refractivity contribution in [3.05, 3.63) is 63.9 Å². The second-order valence-corrected chi connectivity index (χ2v) is 9.29. The molecular formula is C24H23ClF5N3O2. The molecule has 35 heavy (non-hydrogen) atoms. The molecule has 2 heterocycles. The number of carbonyl (C=O) groups is 2. The smallest absolute Gasteiger partial charge is 0.347 e. The maximum atomic E-state index is 14.6. The van der Waals surface area contributed by atoms with E-state index in [2.05, 4.69) is 10.3 Å². The minimum absolute atomic E-state index is 0.0368. The zero-order valence-electron chi connectivity index (χ0n) is 18.7. The highest BCUT2D eigenvalue weighted by atomic mass is 35.5. The van der Waals surface area contributed by atoms with Crippen molar-refractivity contribution < 1.29 is 31.5 Å². The molecule has 4 rings (SSSR count). The van der Waals surface area contributed by atoms with E-state index < -0.39 is 53.1 Å². The molecule has 0 bridgehead atoms. The Morgan fingerprint density at radius 1 is 1.14 bits per heavy atom. The van der Waals surface area contributed by atoms with Gasteiger partial charge in [0.25, 0.3) is 5.91 Å². The van der Waals surface area contributed by atoms with Gasteiger partial charge in [-0.15, -0.1) is 0 Å². The van der Waals surface area contributed by atoms with Gasteiger partial charge in [0.15, 0.2) is 0 Å². The van der Waals surface area contributed by atoms with Crippen LogP contribution in [0.1, 0.15) is 66.8 Å². The third-order valence-corrected chi connectivity index (χ3v) is 6.83. The SMILES string of the molecule is CC[C@@H]1CC[C@H](C(=O)NC(c2cc(F)c(Cl)cc2F)C2CC2)N1C(=O)c1cccc(C(F)(F)F)n1. The van der Waals surface area contributed by atoms with Crippen molar-refractivity contribution in [1.29, 1.82) is 0 Å². The second kappa shape index (κ2) is 9.72. The largest absolute Gasteiger partial charge is 0.433 e. The van der Waals surface area contributed by atoms with Gasteiger partial charge in [-0.1, -0.05) is 24.6 Å². The summed E-state index contributed by atoms with van der Waals surface area (Å²) in [5, 5.41) is 2.38. The highest BCUT2D eigenvalue weighted by Gasteiger charge is 2.44. The predicted octanol–water partition coefficient (Wildman–Crippen LogP) is 5.68. The van der Waals surface area contributed by atoms with Gasteiger partial charge in [-0.25, -0.2) is 13.8 Å². The van der Waals surface area contributed by atoms with Gasteiger partial charge in [0, 0.05) is 11.6 Å². The predicted molar refractivity (Wildman–Crippen MR) is 117 cm³/mol. The first-order chi connectivity index (χ1) is 16.5. The first-order valence-electron chi connectivity index (χ1n) is 11.3. The summed E-state index contributed by atoms with van der Waals surface area (Å²) in [5.41, 5.74) is -1.65. The lowest BCUT2D eigenvalue weighted by molar-refractivity contribution is -0.141. The van der Waals surface area contributed by atoms with E-state index in [4.69, 9.17) is 11.6 Å². The molecule has 3 atom stereocenters.